The number of hydrogen-bond donors (Lipinski definition) is 0. The van der Waals surface area contributed by atoms with E-state index in [9.17, 15) is 4.79 Å². The number of carbonyl (C=O) groups is 1. The van der Waals surface area contributed by atoms with Crippen LogP contribution in [-0.4, -0.2) is 11.8 Å². The molecule has 2 aromatic carbocycles. The Hall–Kier alpha value is -1.74. The predicted molar refractivity (Wildman–Crippen MR) is 75.8 cm³/mol. The van der Waals surface area contributed by atoms with Gasteiger partial charge in [0.2, 0.25) is 0 Å². The van der Waals surface area contributed by atoms with E-state index >= 15 is 0 Å². The quantitative estimate of drug-likeness (QED) is 0.555. The molecule has 0 aromatic heterocycles. The summed E-state index contributed by atoms with van der Waals surface area (Å²) in [5.41, 5.74) is -0.597. The molecule has 2 aromatic rings. The number of carbonyl (C=O) groups excluding carboxylic acids is 1. The van der Waals surface area contributed by atoms with Crippen molar-refractivity contribution in [2.75, 3.05) is 0 Å². The van der Waals surface area contributed by atoms with Crippen LogP contribution in [0, 0.1) is 0 Å². The van der Waals surface area contributed by atoms with Gasteiger partial charge >= 0.3 is 6.16 Å². The first kappa shape index (κ1) is 13.7. The predicted octanol–water partition coefficient (Wildman–Crippen LogP) is 4.81. The maximum absolute atomic E-state index is 11.6. The first-order valence-corrected chi connectivity index (χ1v) is 6.33. The molecule has 0 fully saturated rings. The molecule has 0 unspecified atom stereocenters. The summed E-state index contributed by atoms with van der Waals surface area (Å²) in [6.45, 7) is 5.32. The van der Waals surface area contributed by atoms with E-state index in [1.54, 1.807) is 26.8 Å². The molecule has 0 aliphatic carbocycles. The molecule has 0 aliphatic rings. The maximum atomic E-state index is 11.6. The Balaban J connectivity index is 2.26. The minimum absolute atomic E-state index is 0.301. The van der Waals surface area contributed by atoms with Crippen LogP contribution in [0.15, 0.2) is 36.4 Å². The number of halogens is 1. The van der Waals surface area contributed by atoms with Crippen molar-refractivity contribution in [2.24, 2.45) is 0 Å². The van der Waals surface area contributed by atoms with Gasteiger partial charge in [-0.25, -0.2) is 4.79 Å². The zero-order chi connectivity index (χ0) is 14.0. The summed E-state index contributed by atoms with van der Waals surface area (Å²) in [7, 11) is 0. The lowest BCUT2D eigenvalue weighted by Crippen LogP contribution is -2.26. The summed E-state index contributed by atoms with van der Waals surface area (Å²) in [5.74, 6) is 0.301. The summed E-state index contributed by atoms with van der Waals surface area (Å²) in [6.07, 6.45) is -0.760. The Morgan fingerprint density at radius 2 is 1.79 bits per heavy atom. The Morgan fingerprint density at radius 1 is 1.11 bits per heavy atom. The van der Waals surface area contributed by atoms with Gasteiger partial charge in [-0.05, 0) is 32.2 Å². The van der Waals surface area contributed by atoms with Crippen LogP contribution < -0.4 is 4.74 Å². The van der Waals surface area contributed by atoms with E-state index < -0.39 is 11.8 Å². The van der Waals surface area contributed by atoms with Crippen molar-refractivity contribution < 1.29 is 14.3 Å². The standard InChI is InChI=1S/C15H15ClO3/c1-15(2,3)19-14(17)18-12-9-8-10-6-4-5-7-11(10)13(12)16/h4-9H,1-3H3. The van der Waals surface area contributed by atoms with Gasteiger partial charge in [0, 0.05) is 5.39 Å². The molecule has 0 bridgehead atoms. The molecule has 0 N–H and O–H groups in total. The van der Waals surface area contributed by atoms with E-state index in [-0.39, 0.29) is 0 Å². The highest BCUT2D eigenvalue weighted by Crippen LogP contribution is 2.33. The van der Waals surface area contributed by atoms with Crippen LogP contribution in [0.3, 0.4) is 0 Å². The minimum Gasteiger partial charge on any atom is -0.428 e. The molecule has 0 saturated heterocycles. The SMILES string of the molecule is CC(C)(C)OC(=O)Oc1ccc2ccccc2c1Cl. The summed E-state index contributed by atoms with van der Waals surface area (Å²) >= 11 is 6.22. The van der Waals surface area contributed by atoms with Crippen molar-refractivity contribution in [3.05, 3.63) is 41.4 Å². The van der Waals surface area contributed by atoms with Crippen molar-refractivity contribution in [1.29, 1.82) is 0 Å². The van der Waals surface area contributed by atoms with Crippen molar-refractivity contribution in [3.63, 3.8) is 0 Å². The Morgan fingerprint density at radius 3 is 2.47 bits per heavy atom. The number of rotatable bonds is 1. The van der Waals surface area contributed by atoms with Gasteiger partial charge in [0.15, 0.2) is 5.75 Å². The van der Waals surface area contributed by atoms with Crippen molar-refractivity contribution in [2.45, 2.75) is 26.4 Å². The fourth-order valence-electron chi connectivity index (χ4n) is 1.65. The molecule has 0 atom stereocenters. The van der Waals surface area contributed by atoms with Gasteiger partial charge in [0.1, 0.15) is 5.60 Å². The minimum atomic E-state index is -0.760. The highest BCUT2D eigenvalue weighted by molar-refractivity contribution is 6.37. The highest BCUT2D eigenvalue weighted by Gasteiger charge is 2.19. The van der Waals surface area contributed by atoms with Crippen LogP contribution in [0.1, 0.15) is 20.8 Å². The monoisotopic (exact) mass is 278 g/mol. The normalized spacial score (nSPS) is 11.4. The van der Waals surface area contributed by atoms with Crippen LogP contribution in [0.4, 0.5) is 4.79 Å². The van der Waals surface area contributed by atoms with E-state index in [2.05, 4.69) is 0 Å². The van der Waals surface area contributed by atoms with Gasteiger partial charge in [-0.1, -0.05) is 41.9 Å². The number of benzene rings is 2. The first-order chi connectivity index (χ1) is 8.87. The number of ether oxygens (including phenoxy) is 2. The van der Waals surface area contributed by atoms with Gasteiger partial charge in [0.25, 0.3) is 0 Å². The molecule has 0 heterocycles. The molecular formula is C15H15ClO3. The van der Waals surface area contributed by atoms with Crippen LogP contribution in [0.2, 0.25) is 5.02 Å². The molecule has 0 saturated carbocycles. The third kappa shape index (κ3) is 3.38. The lowest BCUT2D eigenvalue weighted by atomic mass is 10.1. The number of hydrogen-bond acceptors (Lipinski definition) is 3. The Kier molecular flexibility index (Phi) is 3.67. The largest absolute Gasteiger partial charge is 0.514 e. The van der Waals surface area contributed by atoms with E-state index in [0.29, 0.717) is 10.8 Å². The van der Waals surface area contributed by atoms with Gasteiger partial charge in [0.05, 0.1) is 5.02 Å². The van der Waals surface area contributed by atoms with E-state index in [0.717, 1.165) is 10.8 Å². The average molecular weight is 279 g/mol. The Labute approximate surface area is 117 Å². The molecule has 2 rings (SSSR count). The van der Waals surface area contributed by atoms with Crippen LogP contribution in [0.5, 0.6) is 5.75 Å². The average Bonchev–Trinajstić information content (AvgIpc) is 2.31. The van der Waals surface area contributed by atoms with Crippen molar-refractivity contribution >= 4 is 28.5 Å². The van der Waals surface area contributed by atoms with E-state index in [1.807, 2.05) is 30.3 Å². The zero-order valence-electron chi connectivity index (χ0n) is 11.1. The molecule has 100 valence electrons. The van der Waals surface area contributed by atoms with Gasteiger partial charge in [-0.3, -0.25) is 0 Å². The summed E-state index contributed by atoms with van der Waals surface area (Å²) in [6, 6.07) is 11.1. The second-order valence-corrected chi connectivity index (χ2v) is 5.54. The topological polar surface area (TPSA) is 35.5 Å². The smallest absolute Gasteiger partial charge is 0.428 e. The lowest BCUT2D eigenvalue weighted by Gasteiger charge is -2.19. The second-order valence-electron chi connectivity index (χ2n) is 5.17. The van der Waals surface area contributed by atoms with E-state index in [1.165, 1.54) is 0 Å². The van der Waals surface area contributed by atoms with Gasteiger partial charge in [-0.2, -0.15) is 0 Å². The Bertz CT molecular complexity index is 614. The van der Waals surface area contributed by atoms with Crippen LogP contribution in [-0.2, 0) is 4.74 Å². The third-order valence-corrected chi connectivity index (χ3v) is 2.80. The first-order valence-electron chi connectivity index (χ1n) is 5.95. The van der Waals surface area contributed by atoms with Crippen molar-refractivity contribution in [3.8, 4) is 5.75 Å². The summed E-state index contributed by atoms with van der Waals surface area (Å²) in [5, 5.41) is 2.23. The molecular weight excluding hydrogens is 264 g/mol. The number of fused-ring (bicyclic) bond motifs is 1. The fourth-order valence-corrected chi connectivity index (χ4v) is 1.93. The molecule has 0 radical (unpaired) electrons. The summed E-state index contributed by atoms with van der Waals surface area (Å²) in [4.78, 5) is 11.6. The molecule has 0 aliphatic heterocycles. The molecule has 19 heavy (non-hydrogen) atoms. The van der Waals surface area contributed by atoms with Gasteiger partial charge in [-0.15, -0.1) is 0 Å². The van der Waals surface area contributed by atoms with E-state index in [4.69, 9.17) is 21.1 Å². The fraction of sp³-hybridized carbons (Fsp3) is 0.267. The van der Waals surface area contributed by atoms with Crippen molar-refractivity contribution in [1.82, 2.24) is 0 Å². The maximum Gasteiger partial charge on any atom is 0.514 e. The molecule has 0 amide bonds. The third-order valence-electron chi connectivity index (χ3n) is 2.41. The molecule has 3 nitrogen and oxygen atoms in total. The summed E-state index contributed by atoms with van der Waals surface area (Å²) < 4.78 is 10.2. The van der Waals surface area contributed by atoms with Crippen LogP contribution in [0.25, 0.3) is 10.8 Å². The van der Waals surface area contributed by atoms with Crippen LogP contribution >= 0.6 is 11.6 Å². The second kappa shape index (κ2) is 5.10. The molecule has 4 heteroatoms. The molecule has 0 spiro atoms. The highest BCUT2D eigenvalue weighted by atomic mass is 35.5. The van der Waals surface area contributed by atoms with Gasteiger partial charge < -0.3 is 9.47 Å². The lowest BCUT2D eigenvalue weighted by molar-refractivity contribution is 0.0207. The zero-order valence-corrected chi connectivity index (χ0v) is 11.8.